The summed E-state index contributed by atoms with van der Waals surface area (Å²) in [5.74, 6) is 0.803. The fourth-order valence-corrected chi connectivity index (χ4v) is 4.77. The fourth-order valence-electron chi connectivity index (χ4n) is 3.50. The summed E-state index contributed by atoms with van der Waals surface area (Å²) in [7, 11) is 1.88. The minimum absolute atomic E-state index is 0.292. The summed E-state index contributed by atoms with van der Waals surface area (Å²) < 4.78 is 0. The van der Waals surface area contributed by atoms with Crippen molar-refractivity contribution in [2.24, 2.45) is 0 Å². The van der Waals surface area contributed by atoms with Gasteiger partial charge in [-0.25, -0.2) is 9.97 Å². The molecule has 0 fully saturated rings. The van der Waals surface area contributed by atoms with E-state index in [4.69, 9.17) is 11.6 Å². The van der Waals surface area contributed by atoms with Gasteiger partial charge in [0.25, 0.3) is 0 Å². The summed E-state index contributed by atoms with van der Waals surface area (Å²) in [5.41, 5.74) is 5.50. The highest BCUT2D eigenvalue weighted by molar-refractivity contribution is 7.19. The summed E-state index contributed by atoms with van der Waals surface area (Å²) in [6.07, 6.45) is 4.99. The van der Waals surface area contributed by atoms with E-state index in [1.54, 1.807) is 11.3 Å². The molecule has 5 heteroatoms. The van der Waals surface area contributed by atoms with E-state index >= 15 is 0 Å². The van der Waals surface area contributed by atoms with Crippen LogP contribution in [-0.4, -0.2) is 17.0 Å². The maximum atomic E-state index is 6.05. The van der Waals surface area contributed by atoms with E-state index in [2.05, 4.69) is 40.4 Å². The first-order valence-corrected chi connectivity index (χ1v) is 9.13. The summed E-state index contributed by atoms with van der Waals surface area (Å²) in [6.45, 7) is 2.15. The van der Waals surface area contributed by atoms with Crippen LogP contribution in [-0.2, 0) is 12.8 Å². The lowest BCUT2D eigenvalue weighted by atomic mass is 9.89. The van der Waals surface area contributed by atoms with Crippen LogP contribution in [0, 0.1) is 6.92 Å². The van der Waals surface area contributed by atoms with Crippen molar-refractivity contribution in [2.75, 3.05) is 12.4 Å². The van der Waals surface area contributed by atoms with Crippen molar-refractivity contribution < 1.29 is 0 Å². The molecule has 3 nitrogen and oxygen atoms in total. The molecule has 0 radical (unpaired) electrons. The quantitative estimate of drug-likeness (QED) is 0.646. The Labute approximate surface area is 144 Å². The number of hydrogen-bond donors (Lipinski definition) is 1. The van der Waals surface area contributed by atoms with Crippen LogP contribution < -0.4 is 5.32 Å². The van der Waals surface area contributed by atoms with Gasteiger partial charge in [0.15, 0.2) is 0 Å². The number of halogens is 1. The SMILES string of the molecule is CNc1nc(Cl)nc2sc(C)c(-c3ccc4c(c3)CCCC4)c12. The summed E-state index contributed by atoms with van der Waals surface area (Å²) in [6, 6.07) is 6.90. The standard InChI is InChI=1S/C18H18ClN3S/c1-10-14(13-8-7-11-5-3-4-6-12(11)9-13)15-16(20-2)21-18(19)22-17(15)23-10/h7-9H,3-6H2,1-2H3,(H,20,21,22). The van der Waals surface area contributed by atoms with Crippen LogP contribution >= 0.6 is 22.9 Å². The molecular formula is C18H18ClN3S. The molecule has 0 bridgehead atoms. The first-order chi connectivity index (χ1) is 11.2. The molecule has 0 aliphatic heterocycles. The molecule has 1 N–H and O–H groups in total. The topological polar surface area (TPSA) is 37.8 Å². The van der Waals surface area contributed by atoms with Gasteiger partial charge < -0.3 is 5.32 Å². The molecule has 4 rings (SSSR count). The third-order valence-corrected chi connectivity index (χ3v) is 5.74. The Bertz CT molecular complexity index is 901. The average molecular weight is 344 g/mol. The zero-order valence-electron chi connectivity index (χ0n) is 13.2. The Hall–Kier alpha value is -1.65. The van der Waals surface area contributed by atoms with Crippen molar-refractivity contribution >= 4 is 39.0 Å². The highest BCUT2D eigenvalue weighted by Gasteiger charge is 2.19. The number of hydrogen-bond acceptors (Lipinski definition) is 4. The molecule has 3 aromatic rings. The van der Waals surface area contributed by atoms with Crippen LogP contribution in [0.25, 0.3) is 21.3 Å². The number of aryl methyl sites for hydroxylation is 3. The van der Waals surface area contributed by atoms with Crippen molar-refractivity contribution in [1.82, 2.24) is 9.97 Å². The number of rotatable bonds is 2. The van der Waals surface area contributed by atoms with E-state index in [0.717, 1.165) is 16.0 Å². The van der Waals surface area contributed by atoms with E-state index in [0.29, 0.717) is 5.28 Å². The van der Waals surface area contributed by atoms with Crippen LogP contribution in [0.4, 0.5) is 5.82 Å². The number of nitrogens with zero attached hydrogens (tertiary/aromatic N) is 2. The van der Waals surface area contributed by atoms with Crippen LogP contribution in [0.2, 0.25) is 5.28 Å². The molecule has 0 saturated carbocycles. The zero-order valence-corrected chi connectivity index (χ0v) is 14.8. The number of aromatic nitrogens is 2. The maximum Gasteiger partial charge on any atom is 0.225 e. The molecule has 1 aliphatic rings. The van der Waals surface area contributed by atoms with Crippen LogP contribution in [0.3, 0.4) is 0 Å². The molecule has 2 aromatic heterocycles. The molecule has 0 unspecified atom stereocenters. The van der Waals surface area contributed by atoms with Crippen molar-refractivity contribution in [3.63, 3.8) is 0 Å². The molecule has 23 heavy (non-hydrogen) atoms. The second-order valence-corrected chi connectivity index (χ2v) is 7.54. The van der Waals surface area contributed by atoms with Gasteiger partial charge in [-0.2, -0.15) is 0 Å². The lowest BCUT2D eigenvalue weighted by Gasteiger charge is -2.17. The Morgan fingerprint density at radius 3 is 2.70 bits per heavy atom. The van der Waals surface area contributed by atoms with Gasteiger partial charge in [-0.3, -0.25) is 0 Å². The lowest BCUT2D eigenvalue weighted by Crippen LogP contribution is -2.02. The Morgan fingerprint density at radius 1 is 1.13 bits per heavy atom. The normalized spacial score (nSPS) is 14.0. The molecular weight excluding hydrogens is 326 g/mol. The fraction of sp³-hybridized carbons (Fsp3) is 0.333. The molecule has 1 aromatic carbocycles. The first kappa shape index (κ1) is 14.9. The van der Waals surface area contributed by atoms with Crippen LogP contribution in [0.15, 0.2) is 18.2 Å². The van der Waals surface area contributed by atoms with Gasteiger partial charge in [-0.1, -0.05) is 18.2 Å². The van der Waals surface area contributed by atoms with Gasteiger partial charge in [-0.15, -0.1) is 11.3 Å². The largest absolute Gasteiger partial charge is 0.372 e. The van der Waals surface area contributed by atoms with Gasteiger partial charge in [0.1, 0.15) is 10.6 Å². The summed E-state index contributed by atoms with van der Waals surface area (Å²) >= 11 is 7.73. The Morgan fingerprint density at radius 2 is 1.91 bits per heavy atom. The Balaban J connectivity index is 1.96. The number of thiophene rings is 1. The molecule has 118 valence electrons. The van der Waals surface area contributed by atoms with Gasteiger partial charge in [0.05, 0.1) is 5.39 Å². The van der Waals surface area contributed by atoms with E-state index in [1.807, 2.05) is 7.05 Å². The van der Waals surface area contributed by atoms with Crippen molar-refractivity contribution in [3.05, 3.63) is 39.5 Å². The minimum atomic E-state index is 0.292. The monoisotopic (exact) mass is 343 g/mol. The van der Waals surface area contributed by atoms with E-state index in [-0.39, 0.29) is 0 Å². The van der Waals surface area contributed by atoms with Gasteiger partial charge >= 0.3 is 0 Å². The molecule has 1 aliphatic carbocycles. The molecule has 2 heterocycles. The number of anilines is 1. The summed E-state index contributed by atoms with van der Waals surface area (Å²) in [4.78, 5) is 11.0. The molecule has 0 atom stereocenters. The second kappa shape index (κ2) is 5.77. The van der Waals surface area contributed by atoms with E-state index in [1.165, 1.54) is 52.8 Å². The third kappa shape index (κ3) is 2.50. The number of benzene rings is 1. The van der Waals surface area contributed by atoms with E-state index < -0.39 is 0 Å². The number of nitrogens with one attached hydrogen (secondary N) is 1. The zero-order chi connectivity index (χ0) is 16.0. The average Bonchev–Trinajstić information content (AvgIpc) is 2.89. The maximum absolute atomic E-state index is 6.05. The smallest absolute Gasteiger partial charge is 0.225 e. The van der Waals surface area contributed by atoms with E-state index in [9.17, 15) is 0 Å². The van der Waals surface area contributed by atoms with Gasteiger partial charge in [0.2, 0.25) is 5.28 Å². The minimum Gasteiger partial charge on any atom is -0.372 e. The molecule has 0 amide bonds. The highest BCUT2D eigenvalue weighted by atomic mass is 35.5. The van der Waals surface area contributed by atoms with Crippen molar-refractivity contribution in [2.45, 2.75) is 32.6 Å². The molecule has 0 spiro atoms. The van der Waals surface area contributed by atoms with Gasteiger partial charge in [-0.05, 0) is 60.9 Å². The molecule has 0 saturated heterocycles. The number of fused-ring (bicyclic) bond motifs is 2. The second-order valence-electron chi connectivity index (χ2n) is 6.00. The Kier molecular flexibility index (Phi) is 3.74. The predicted octanol–water partition coefficient (Wildman–Crippen LogP) is 5.24. The van der Waals surface area contributed by atoms with Gasteiger partial charge in [0, 0.05) is 17.5 Å². The lowest BCUT2D eigenvalue weighted by molar-refractivity contribution is 0.686. The first-order valence-electron chi connectivity index (χ1n) is 7.94. The van der Waals surface area contributed by atoms with Crippen LogP contribution in [0.5, 0.6) is 0 Å². The predicted molar refractivity (Wildman–Crippen MR) is 98.8 cm³/mol. The highest BCUT2D eigenvalue weighted by Crippen LogP contribution is 2.41. The summed E-state index contributed by atoms with van der Waals surface area (Å²) in [5, 5.41) is 4.54. The van der Waals surface area contributed by atoms with Crippen molar-refractivity contribution in [1.29, 1.82) is 0 Å². The van der Waals surface area contributed by atoms with Crippen LogP contribution in [0.1, 0.15) is 28.8 Å². The third-order valence-electron chi connectivity index (χ3n) is 4.57. The van der Waals surface area contributed by atoms with Crippen molar-refractivity contribution in [3.8, 4) is 11.1 Å².